The minimum atomic E-state index is -0.581. The molecule has 3 aromatic carbocycles. The van der Waals surface area contributed by atoms with Gasteiger partial charge in [-0.3, -0.25) is 9.59 Å². The number of phenolic OH excluding ortho intramolecular Hbond substituents is 1. The standard InChI is InChI=1S/C25H24N4O3/c1-29(2)21-13-11-18(12-14-21)16-23(27-24(31)20-8-4-3-5-9-20)25(32)28-26-17-19-7-6-10-22(30)15-19/h3-17,30H,1-2H3,(H,27,31)(H,28,32)/b23-16-,26-17-. The molecular formula is C25H24N4O3. The van der Waals surface area contributed by atoms with E-state index in [9.17, 15) is 14.7 Å². The lowest BCUT2D eigenvalue weighted by Crippen LogP contribution is -2.32. The maximum Gasteiger partial charge on any atom is 0.287 e. The van der Waals surface area contributed by atoms with Gasteiger partial charge in [0, 0.05) is 25.3 Å². The van der Waals surface area contributed by atoms with Crippen LogP contribution in [0.1, 0.15) is 21.5 Å². The predicted molar refractivity (Wildman–Crippen MR) is 126 cm³/mol. The summed E-state index contributed by atoms with van der Waals surface area (Å²) in [5.74, 6) is -0.895. The number of phenols is 1. The zero-order valence-corrected chi connectivity index (χ0v) is 17.8. The summed E-state index contributed by atoms with van der Waals surface area (Å²) < 4.78 is 0. The van der Waals surface area contributed by atoms with Gasteiger partial charge in [0.15, 0.2) is 0 Å². The summed E-state index contributed by atoms with van der Waals surface area (Å²) in [5, 5.41) is 16.1. The molecule has 7 nitrogen and oxygen atoms in total. The lowest BCUT2D eigenvalue weighted by Gasteiger charge is -2.12. The van der Waals surface area contributed by atoms with Crippen molar-refractivity contribution in [2.75, 3.05) is 19.0 Å². The molecule has 0 unspecified atom stereocenters. The Kier molecular flexibility index (Phi) is 7.37. The molecule has 0 saturated carbocycles. The zero-order chi connectivity index (χ0) is 22.9. The summed E-state index contributed by atoms with van der Waals surface area (Å²) in [6, 6.07) is 22.6. The quantitative estimate of drug-likeness (QED) is 0.306. The van der Waals surface area contributed by atoms with Crippen LogP contribution >= 0.6 is 0 Å². The van der Waals surface area contributed by atoms with Gasteiger partial charge in [0.2, 0.25) is 0 Å². The van der Waals surface area contributed by atoms with E-state index in [0.717, 1.165) is 11.3 Å². The molecular weight excluding hydrogens is 404 g/mol. The molecule has 0 fully saturated rings. The summed E-state index contributed by atoms with van der Waals surface area (Å²) in [5.41, 5.74) is 5.26. The molecule has 0 radical (unpaired) electrons. The first-order valence-corrected chi connectivity index (χ1v) is 9.90. The van der Waals surface area contributed by atoms with Crippen molar-refractivity contribution < 1.29 is 14.7 Å². The molecule has 2 amide bonds. The second kappa shape index (κ2) is 10.6. The van der Waals surface area contributed by atoms with Crippen LogP contribution in [0.5, 0.6) is 5.75 Å². The minimum Gasteiger partial charge on any atom is -0.508 e. The number of carbonyl (C=O) groups excluding carboxylic acids is 2. The summed E-state index contributed by atoms with van der Waals surface area (Å²) in [6.45, 7) is 0. The minimum absolute atomic E-state index is 0.0458. The molecule has 3 rings (SSSR count). The average Bonchev–Trinajstić information content (AvgIpc) is 2.79. The van der Waals surface area contributed by atoms with Gasteiger partial charge in [-0.1, -0.05) is 42.5 Å². The number of carbonyl (C=O) groups is 2. The van der Waals surface area contributed by atoms with Gasteiger partial charge in [0.05, 0.1) is 6.21 Å². The smallest absolute Gasteiger partial charge is 0.287 e. The molecule has 0 aromatic heterocycles. The number of hydrazone groups is 1. The Morgan fingerprint density at radius 2 is 1.62 bits per heavy atom. The van der Waals surface area contributed by atoms with E-state index in [4.69, 9.17) is 0 Å². The van der Waals surface area contributed by atoms with E-state index in [1.165, 1.54) is 18.3 Å². The molecule has 7 heteroatoms. The van der Waals surface area contributed by atoms with Crippen molar-refractivity contribution in [3.05, 3.63) is 101 Å². The first-order valence-electron chi connectivity index (χ1n) is 9.90. The van der Waals surface area contributed by atoms with Crippen LogP contribution in [-0.2, 0) is 4.79 Å². The SMILES string of the molecule is CN(C)c1ccc(/C=C(\NC(=O)c2ccccc2)C(=O)N/N=C\c2cccc(O)c2)cc1. The van der Waals surface area contributed by atoms with Crippen molar-refractivity contribution in [3.63, 3.8) is 0 Å². The van der Waals surface area contributed by atoms with Crippen molar-refractivity contribution in [2.45, 2.75) is 0 Å². The van der Waals surface area contributed by atoms with Gasteiger partial charge in [0.1, 0.15) is 11.4 Å². The predicted octanol–water partition coefficient (Wildman–Crippen LogP) is 3.38. The highest BCUT2D eigenvalue weighted by atomic mass is 16.3. The number of hydrogen-bond donors (Lipinski definition) is 3. The third-order valence-electron chi connectivity index (χ3n) is 4.50. The maximum absolute atomic E-state index is 12.8. The molecule has 32 heavy (non-hydrogen) atoms. The van der Waals surface area contributed by atoms with Gasteiger partial charge in [-0.2, -0.15) is 5.10 Å². The summed E-state index contributed by atoms with van der Waals surface area (Å²) in [6.07, 6.45) is 2.99. The van der Waals surface area contributed by atoms with Crippen molar-refractivity contribution >= 4 is 29.8 Å². The topological polar surface area (TPSA) is 94.0 Å². The van der Waals surface area contributed by atoms with Crippen LogP contribution < -0.4 is 15.6 Å². The van der Waals surface area contributed by atoms with Crippen molar-refractivity contribution in [1.82, 2.24) is 10.7 Å². The van der Waals surface area contributed by atoms with Crippen LogP contribution in [-0.4, -0.2) is 37.2 Å². The van der Waals surface area contributed by atoms with Gasteiger partial charge in [0.25, 0.3) is 11.8 Å². The number of nitrogens with one attached hydrogen (secondary N) is 2. The largest absolute Gasteiger partial charge is 0.508 e. The molecule has 0 aliphatic carbocycles. The molecule has 0 spiro atoms. The van der Waals surface area contributed by atoms with E-state index in [1.807, 2.05) is 49.3 Å². The van der Waals surface area contributed by atoms with Crippen LogP contribution in [0.4, 0.5) is 5.69 Å². The number of aromatic hydroxyl groups is 1. The van der Waals surface area contributed by atoms with Gasteiger partial charge in [-0.05, 0) is 53.6 Å². The van der Waals surface area contributed by atoms with Crippen molar-refractivity contribution in [2.24, 2.45) is 5.10 Å². The molecule has 0 saturated heterocycles. The van der Waals surface area contributed by atoms with E-state index in [2.05, 4.69) is 15.8 Å². The number of amides is 2. The fraction of sp³-hybridized carbons (Fsp3) is 0.0800. The second-order valence-electron chi connectivity index (χ2n) is 7.16. The van der Waals surface area contributed by atoms with E-state index in [-0.39, 0.29) is 11.4 Å². The molecule has 3 N–H and O–H groups in total. The first-order chi connectivity index (χ1) is 15.4. The number of benzene rings is 3. The van der Waals surface area contributed by atoms with Crippen LogP contribution in [0.15, 0.2) is 89.7 Å². The van der Waals surface area contributed by atoms with Crippen LogP contribution in [0.2, 0.25) is 0 Å². The fourth-order valence-electron chi connectivity index (χ4n) is 2.81. The average molecular weight is 428 g/mol. The van der Waals surface area contributed by atoms with Crippen molar-refractivity contribution in [1.29, 1.82) is 0 Å². The number of anilines is 1. The highest BCUT2D eigenvalue weighted by Crippen LogP contribution is 2.15. The normalized spacial score (nSPS) is 11.2. The maximum atomic E-state index is 12.8. The zero-order valence-electron chi connectivity index (χ0n) is 17.8. The molecule has 0 aliphatic heterocycles. The monoisotopic (exact) mass is 428 g/mol. The van der Waals surface area contributed by atoms with E-state index in [1.54, 1.807) is 42.5 Å². The Labute approximate surface area is 186 Å². The molecule has 3 aromatic rings. The third-order valence-corrected chi connectivity index (χ3v) is 4.50. The lowest BCUT2D eigenvalue weighted by atomic mass is 10.1. The van der Waals surface area contributed by atoms with Gasteiger partial charge >= 0.3 is 0 Å². The molecule has 0 atom stereocenters. The molecule has 0 aliphatic rings. The number of hydrogen-bond acceptors (Lipinski definition) is 5. The summed E-state index contributed by atoms with van der Waals surface area (Å²) in [4.78, 5) is 27.4. The van der Waals surface area contributed by atoms with Gasteiger partial charge < -0.3 is 15.3 Å². The van der Waals surface area contributed by atoms with Gasteiger partial charge in [-0.25, -0.2) is 5.43 Å². The summed E-state index contributed by atoms with van der Waals surface area (Å²) in [7, 11) is 3.88. The van der Waals surface area contributed by atoms with E-state index < -0.39 is 11.8 Å². The van der Waals surface area contributed by atoms with E-state index in [0.29, 0.717) is 11.1 Å². The van der Waals surface area contributed by atoms with Crippen LogP contribution in [0, 0.1) is 0 Å². The molecule has 162 valence electrons. The Balaban J connectivity index is 1.81. The number of rotatable bonds is 7. The Morgan fingerprint density at radius 3 is 2.28 bits per heavy atom. The fourth-order valence-corrected chi connectivity index (χ4v) is 2.81. The molecule has 0 heterocycles. The van der Waals surface area contributed by atoms with Crippen molar-refractivity contribution in [3.8, 4) is 5.75 Å². The highest BCUT2D eigenvalue weighted by Gasteiger charge is 2.14. The van der Waals surface area contributed by atoms with Crippen LogP contribution in [0.25, 0.3) is 6.08 Å². The third kappa shape index (κ3) is 6.30. The second-order valence-corrected chi connectivity index (χ2v) is 7.16. The van der Waals surface area contributed by atoms with E-state index >= 15 is 0 Å². The lowest BCUT2D eigenvalue weighted by molar-refractivity contribution is -0.117. The van der Waals surface area contributed by atoms with Crippen LogP contribution in [0.3, 0.4) is 0 Å². The Hall–Kier alpha value is -4.39. The van der Waals surface area contributed by atoms with Gasteiger partial charge in [-0.15, -0.1) is 0 Å². The summed E-state index contributed by atoms with van der Waals surface area (Å²) >= 11 is 0. The highest BCUT2D eigenvalue weighted by molar-refractivity contribution is 6.05. The Morgan fingerprint density at radius 1 is 0.906 bits per heavy atom. The Bertz CT molecular complexity index is 1140. The first kappa shape index (κ1) is 22.3. The number of nitrogens with zero attached hydrogens (tertiary/aromatic N) is 2. The molecule has 0 bridgehead atoms.